The highest BCUT2D eigenvalue weighted by Crippen LogP contribution is 2.33. The Hall–Kier alpha value is -2.31. The summed E-state index contributed by atoms with van der Waals surface area (Å²) < 4.78 is 39.9. The van der Waals surface area contributed by atoms with E-state index in [4.69, 9.17) is 0 Å². The molecule has 1 heterocycles. The molecule has 21 heavy (non-hydrogen) atoms. The molecule has 2 aromatic rings. The molecule has 0 radical (unpaired) electrons. The van der Waals surface area contributed by atoms with E-state index in [1.807, 2.05) is 0 Å². The minimum atomic E-state index is -4.45. The molecule has 0 aliphatic carbocycles. The predicted octanol–water partition coefficient (Wildman–Crippen LogP) is 3.41. The maximum atomic E-state index is 12.8. The lowest BCUT2D eigenvalue weighted by atomic mass is 10.1. The van der Waals surface area contributed by atoms with Crippen molar-refractivity contribution in [1.82, 2.24) is 9.78 Å². The molecule has 4 nitrogen and oxygen atoms in total. The Morgan fingerprint density at radius 1 is 1.38 bits per heavy atom. The first-order valence-electron chi connectivity index (χ1n) is 6.27. The van der Waals surface area contributed by atoms with Crippen LogP contribution in [0.3, 0.4) is 0 Å². The molecule has 0 fully saturated rings. The molecule has 1 aromatic carbocycles. The van der Waals surface area contributed by atoms with E-state index in [9.17, 15) is 18.0 Å². The summed E-state index contributed by atoms with van der Waals surface area (Å²) in [6.07, 6.45) is -1.31. The Balaban J connectivity index is 2.18. The average molecular weight is 297 g/mol. The maximum Gasteiger partial charge on any atom is 0.416 e. The largest absolute Gasteiger partial charge is 0.416 e. The third-order valence-electron chi connectivity index (χ3n) is 3.11. The zero-order valence-electron chi connectivity index (χ0n) is 11.5. The van der Waals surface area contributed by atoms with Gasteiger partial charge in [0.1, 0.15) is 6.04 Å². The second kappa shape index (κ2) is 5.59. The molecule has 1 atom stereocenters. The quantitative estimate of drug-likeness (QED) is 0.943. The predicted molar refractivity (Wildman–Crippen MR) is 71.7 cm³/mol. The first-order chi connectivity index (χ1) is 9.79. The highest BCUT2D eigenvalue weighted by molar-refractivity contribution is 5.93. The summed E-state index contributed by atoms with van der Waals surface area (Å²) in [5.74, 6) is -0.435. The van der Waals surface area contributed by atoms with Crippen molar-refractivity contribution in [3.05, 3.63) is 47.8 Å². The number of aromatic nitrogens is 2. The normalized spacial score (nSPS) is 13.0. The Bertz CT molecular complexity index is 635. The summed E-state index contributed by atoms with van der Waals surface area (Å²) in [5.41, 5.74) is -0.537. The summed E-state index contributed by atoms with van der Waals surface area (Å²) in [6.45, 7) is 2.99. The van der Waals surface area contributed by atoms with E-state index in [0.717, 1.165) is 6.07 Å². The summed E-state index contributed by atoms with van der Waals surface area (Å²) in [5, 5.41) is 6.40. The summed E-state index contributed by atoms with van der Waals surface area (Å²) in [7, 11) is 0. The third-order valence-corrected chi connectivity index (χ3v) is 3.11. The van der Waals surface area contributed by atoms with Crippen LogP contribution in [-0.2, 0) is 11.0 Å². The van der Waals surface area contributed by atoms with Crippen molar-refractivity contribution >= 4 is 11.6 Å². The highest BCUT2D eigenvalue weighted by Gasteiger charge is 2.32. The van der Waals surface area contributed by atoms with Crippen LogP contribution in [0.4, 0.5) is 18.9 Å². The van der Waals surface area contributed by atoms with Crippen molar-refractivity contribution < 1.29 is 18.0 Å². The minimum Gasteiger partial charge on any atom is -0.324 e. The molecule has 1 unspecified atom stereocenters. The number of nitrogens with one attached hydrogen (secondary N) is 1. The fourth-order valence-corrected chi connectivity index (χ4v) is 1.88. The van der Waals surface area contributed by atoms with Gasteiger partial charge >= 0.3 is 6.18 Å². The lowest BCUT2D eigenvalue weighted by molar-refractivity contribution is -0.138. The van der Waals surface area contributed by atoms with Gasteiger partial charge in [-0.1, -0.05) is 6.07 Å². The van der Waals surface area contributed by atoms with Crippen molar-refractivity contribution in [2.24, 2.45) is 0 Å². The average Bonchev–Trinajstić information content (AvgIpc) is 2.92. The fourth-order valence-electron chi connectivity index (χ4n) is 1.88. The molecular formula is C14H14F3N3O. The van der Waals surface area contributed by atoms with Gasteiger partial charge < -0.3 is 5.32 Å². The van der Waals surface area contributed by atoms with Crippen LogP contribution in [0.25, 0.3) is 0 Å². The number of benzene rings is 1. The van der Waals surface area contributed by atoms with E-state index in [-0.39, 0.29) is 11.3 Å². The van der Waals surface area contributed by atoms with Gasteiger partial charge in [-0.2, -0.15) is 18.3 Å². The molecule has 0 aliphatic rings. The first kappa shape index (κ1) is 15.1. The molecule has 0 bridgehead atoms. The van der Waals surface area contributed by atoms with Crippen molar-refractivity contribution in [2.45, 2.75) is 26.1 Å². The summed E-state index contributed by atoms with van der Waals surface area (Å²) >= 11 is 0. The van der Waals surface area contributed by atoms with Crippen molar-refractivity contribution in [3.63, 3.8) is 0 Å². The number of alkyl halides is 3. The topological polar surface area (TPSA) is 46.9 Å². The Kier molecular flexibility index (Phi) is 4.02. The van der Waals surface area contributed by atoms with E-state index in [1.54, 1.807) is 19.2 Å². The van der Waals surface area contributed by atoms with Gasteiger partial charge in [-0.3, -0.25) is 9.48 Å². The van der Waals surface area contributed by atoms with Gasteiger partial charge in [0.2, 0.25) is 5.91 Å². The van der Waals surface area contributed by atoms with Gasteiger partial charge in [0.15, 0.2) is 0 Å². The molecule has 0 saturated carbocycles. The van der Waals surface area contributed by atoms with Crippen LogP contribution in [0.2, 0.25) is 0 Å². The number of halogens is 3. The van der Waals surface area contributed by atoms with Crippen LogP contribution < -0.4 is 5.32 Å². The van der Waals surface area contributed by atoms with Gasteiger partial charge in [0, 0.05) is 18.1 Å². The second-order valence-corrected chi connectivity index (χ2v) is 4.68. The van der Waals surface area contributed by atoms with Crippen LogP contribution in [0.1, 0.15) is 24.1 Å². The molecule has 1 amide bonds. The molecular weight excluding hydrogens is 283 g/mol. The number of aryl methyl sites for hydroxylation is 1. The smallest absolute Gasteiger partial charge is 0.324 e. The molecule has 112 valence electrons. The number of carbonyl (C=O) groups excluding carboxylic acids is 1. The molecule has 1 aromatic heterocycles. The molecule has 0 spiro atoms. The number of hydrogen-bond acceptors (Lipinski definition) is 2. The van der Waals surface area contributed by atoms with Crippen molar-refractivity contribution in [1.29, 1.82) is 0 Å². The zero-order chi connectivity index (χ0) is 15.6. The number of carbonyl (C=O) groups is 1. The molecule has 0 saturated heterocycles. The highest BCUT2D eigenvalue weighted by atomic mass is 19.4. The maximum absolute atomic E-state index is 12.8. The lowest BCUT2D eigenvalue weighted by Gasteiger charge is -2.15. The minimum absolute atomic E-state index is 0.108. The van der Waals surface area contributed by atoms with Gasteiger partial charge in [-0.05, 0) is 37.6 Å². The number of hydrogen-bond donors (Lipinski definition) is 1. The van der Waals surface area contributed by atoms with Gasteiger partial charge in [-0.25, -0.2) is 0 Å². The SMILES string of the molecule is Cc1ccc(NC(=O)C(C)n2cccn2)cc1C(F)(F)F. The van der Waals surface area contributed by atoms with Crippen LogP contribution >= 0.6 is 0 Å². The van der Waals surface area contributed by atoms with Crippen molar-refractivity contribution in [2.75, 3.05) is 5.32 Å². The Morgan fingerprint density at radius 2 is 2.10 bits per heavy atom. The van der Waals surface area contributed by atoms with Crippen LogP contribution in [0, 0.1) is 6.92 Å². The summed E-state index contributed by atoms with van der Waals surface area (Å²) in [6, 6.07) is 4.76. The van der Waals surface area contributed by atoms with Gasteiger partial charge in [-0.15, -0.1) is 0 Å². The number of nitrogens with zero attached hydrogens (tertiary/aromatic N) is 2. The second-order valence-electron chi connectivity index (χ2n) is 4.68. The van der Waals surface area contributed by atoms with Crippen LogP contribution in [-0.4, -0.2) is 15.7 Å². The van der Waals surface area contributed by atoms with E-state index in [1.165, 1.54) is 29.9 Å². The molecule has 7 heteroatoms. The van der Waals surface area contributed by atoms with Gasteiger partial charge in [0.05, 0.1) is 5.56 Å². The van der Waals surface area contributed by atoms with Crippen molar-refractivity contribution in [3.8, 4) is 0 Å². The standard InChI is InChI=1S/C14H14F3N3O/c1-9-4-5-11(8-12(9)14(15,16)17)19-13(21)10(2)20-7-3-6-18-20/h3-8,10H,1-2H3,(H,19,21). The van der Waals surface area contributed by atoms with E-state index in [0.29, 0.717) is 0 Å². The van der Waals surface area contributed by atoms with Gasteiger partial charge in [0.25, 0.3) is 0 Å². The zero-order valence-corrected chi connectivity index (χ0v) is 11.5. The third kappa shape index (κ3) is 3.42. The Labute approximate surface area is 119 Å². The fraction of sp³-hybridized carbons (Fsp3) is 0.286. The molecule has 1 N–H and O–H groups in total. The summed E-state index contributed by atoms with van der Waals surface area (Å²) in [4.78, 5) is 12.0. The van der Waals surface area contributed by atoms with E-state index >= 15 is 0 Å². The van der Waals surface area contributed by atoms with E-state index in [2.05, 4.69) is 10.4 Å². The Morgan fingerprint density at radius 3 is 2.67 bits per heavy atom. The lowest BCUT2D eigenvalue weighted by Crippen LogP contribution is -2.24. The number of amides is 1. The van der Waals surface area contributed by atoms with Crippen LogP contribution in [0.15, 0.2) is 36.7 Å². The monoisotopic (exact) mass is 297 g/mol. The molecule has 0 aliphatic heterocycles. The van der Waals surface area contributed by atoms with E-state index < -0.39 is 23.7 Å². The number of rotatable bonds is 3. The molecule has 2 rings (SSSR count). The number of anilines is 1. The first-order valence-corrected chi connectivity index (χ1v) is 6.27. The van der Waals surface area contributed by atoms with Crippen LogP contribution in [0.5, 0.6) is 0 Å².